The van der Waals surface area contributed by atoms with E-state index in [9.17, 15) is 9.59 Å². The number of benzene rings is 1. The van der Waals surface area contributed by atoms with E-state index in [1.54, 1.807) is 24.3 Å². The number of rotatable bonds is 2. The summed E-state index contributed by atoms with van der Waals surface area (Å²) in [7, 11) is 0. The van der Waals surface area contributed by atoms with Gasteiger partial charge in [0.2, 0.25) is 6.10 Å². The van der Waals surface area contributed by atoms with Crippen molar-refractivity contribution in [1.82, 2.24) is 0 Å². The number of carboxylic acids is 1. The summed E-state index contributed by atoms with van der Waals surface area (Å²) in [5.41, 5.74) is 0.696. The molecule has 0 aromatic heterocycles. The molecule has 5 nitrogen and oxygen atoms in total. The fraction of sp³-hybridized carbons (Fsp3) is 0.273. The Kier molecular flexibility index (Phi) is 4.76. The van der Waals surface area contributed by atoms with Crippen molar-refractivity contribution >= 4 is 36.4 Å². The van der Waals surface area contributed by atoms with Gasteiger partial charge in [0, 0.05) is 12.2 Å². The van der Waals surface area contributed by atoms with Crippen molar-refractivity contribution in [2.75, 3.05) is 18.1 Å². The molecule has 0 radical (unpaired) electrons. The second kappa shape index (κ2) is 5.87. The molecule has 0 aliphatic carbocycles. The summed E-state index contributed by atoms with van der Waals surface area (Å²) in [5.74, 6) is -1.77. The fourth-order valence-corrected chi connectivity index (χ4v) is 1.63. The topological polar surface area (TPSA) is 66.8 Å². The van der Waals surface area contributed by atoms with Gasteiger partial charge >= 0.3 is 24.8 Å². The number of amides is 1. The average Bonchev–Trinajstić information content (AvgIpc) is 2.30. The van der Waals surface area contributed by atoms with E-state index in [2.05, 4.69) is 0 Å². The van der Waals surface area contributed by atoms with Gasteiger partial charge in [-0.1, -0.05) is 18.2 Å². The first kappa shape index (κ1) is 13.8. The first-order chi connectivity index (χ1) is 7.70. The van der Waals surface area contributed by atoms with Crippen molar-refractivity contribution < 1.29 is 19.4 Å². The first-order valence-corrected chi connectivity index (χ1v) is 4.91. The molecule has 2 rings (SSSR count). The molecule has 1 aliphatic rings. The number of para-hydroxylation sites is 1. The Morgan fingerprint density at radius 1 is 1.35 bits per heavy atom. The molecule has 1 saturated heterocycles. The molecule has 1 amide bonds. The van der Waals surface area contributed by atoms with Gasteiger partial charge in [-0.2, -0.15) is 0 Å². The summed E-state index contributed by atoms with van der Waals surface area (Å²) < 4.78 is 4.91. The second-order valence-electron chi connectivity index (χ2n) is 3.41. The fourth-order valence-electron chi connectivity index (χ4n) is 1.63. The third-order valence-electron chi connectivity index (χ3n) is 2.38. The van der Waals surface area contributed by atoms with E-state index in [4.69, 9.17) is 9.84 Å². The third-order valence-corrected chi connectivity index (χ3v) is 2.38. The van der Waals surface area contributed by atoms with Gasteiger partial charge in [-0.3, -0.25) is 4.79 Å². The normalized spacial score (nSPS) is 19.6. The number of morpholine rings is 1. The SMILES string of the molecule is O=C(O)C1OCCN(c2ccccc2)C1=O.[LiH]. The van der Waals surface area contributed by atoms with Crippen molar-refractivity contribution in [1.29, 1.82) is 0 Å². The second-order valence-corrected chi connectivity index (χ2v) is 3.41. The number of hydrogen-bond acceptors (Lipinski definition) is 3. The number of ether oxygens (including phenoxy) is 1. The number of carbonyl (C=O) groups is 2. The summed E-state index contributed by atoms with van der Waals surface area (Å²) in [6.07, 6.45) is -1.38. The number of carboxylic acid groups (broad SMARTS) is 1. The molecule has 86 valence electrons. The molecule has 1 unspecified atom stereocenters. The molecule has 1 aliphatic heterocycles. The third kappa shape index (κ3) is 2.89. The molecule has 6 heteroatoms. The van der Waals surface area contributed by atoms with Crippen LogP contribution in [0.15, 0.2) is 30.3 Å². The van der Waals surface area contributed by atoms with Crippen LogP contribution in [0.3, 0.4) is 0 Å². The maximum absolute atomic E-state index is 11.8. The predicted octanol–water partition coefficient (Wildman–Crippen LogP) is -0.146. The quantitative estimate of drug-likeness (QED) is 0.566. The van der Waals surface area contributed by atoms with Crippen molar-refractivity contribution in [3.05, 3.63) is 30.3 Å². The van der Waals surface area contributed by atoms with Gasteiger partial charge in [-0.15, -0.1) is 0 Å². The molecule has 1 aromatic rings. The molecule has 1 heterocycles. The van der Waals surface area contributed by atoms with Gasteiger partial charge in [0.05, 0.1) is 6.61 Å². The average molecular weight is 229 g/mol. The predicted molar refractivity (Wildman–Crippen MR) is 63.3 cm³/mol. The maximum atomic E-state index is 11.8. The molecule has 1 atom stereocenters. The van der Waals surface area contributed by atoms with Gasteiger partial charge in [0.15, 0.2) is 0 Å². The monoisotopic (exact) mass is 229 g/mol. The van der Waals surface area contributed by atoms with Crippen molar-refractivity contribution in [2.24, 2.45) is 0 Å². The van der Waals surface area contributed by atoms with Crippen LogP contribution in [0.4, 0.5) is 5.69 Å². The summed E-state index contributed by atoms with van der Waals surface area (Å²) >= 11 is 0. The Labute approximate surface area is 111 Å². The van der Waals surface area contributed by atoms with E-state index in [1.807, 2.05) is 6.07 Å². The molecule has 0 saturated carbocycles. The van der Waals surface area contributed by atoms with Crippen LogP contribution in [-0.2, 0) is 14.3 Å². The standard InChI is InChI=1S/C11H11NO4.Li.H/c13-10-9(11(14)15)16-7-6-12(10)8-4-2-1-3-5-8;;/h1-5,9H,6-7H2,(H,14,15);;. The number of carbonyl (C=O) groups excluding carboxylic acids is 1. The first-order valence-electron chi connectivity index (χ1n) is 4.91. The molecule has 1 fully saturated rings. The zero-order valence-electron chi connectivity index (χ0n) is 8.50. The Morgan fingerprint density at radius 2 is 2.00 bits per heavy atom. The summed E-state index contributed by atoms with van der Waals surface area (Å²) in [5, 5.41) is 8.80. The van der Waals surface area contributed by atoms with Gasteiger partial charge in [0.25, 0.3) is 5.91 Å². The minimum absolute atomic E-state index is 0. The summed E-state index contributed by atoms with van der Waals surface area (Å²) in [4.78, 5) is 24.0. The number of nitrogens with zero attached hydrogens (tertiary/aromatic N) is 1. The Balaban J connectivity index is 0.00000144. The summed E-state index contributed by atoms with van der Waals surface area (Å²) in [6, 6.07) is 8.97. The molecule has 17 heavy (non-hydrogen) atoms. The van der Waals surface area contributed by atoms with Crippen LogP contribution < -0.4 is 4.90 Å². The van der Waals surface area contributed by atoms with E-state index in [0.717, 1.165) is 0 Å². The Morgan fingerprint density at radius 3 is 2.59 bits per heavy atom. The van der Waals surface area contributed by atoms with E-state index < -0.39 is 18.0 Å². The summed E-state index contributed by atoms with van der Waals surface area (Å²) in [6.45, 7) is 0.615. The minimum atomic E-state index is -1.38. The van der Waals surface area contributed by atoms with Crippen LogP contribution in [0.1, 0.15) is 0 Å². The van der Waals surface area contributed by atoms with Crippen molar-refractivity contribution in [2.45, 2.75) is 6.10 Å². The number of anilines is 1. The van der Waals surface area contributed by atoms with Crippen molar-refractivity contribution in [3.8, 4) is 0 Å². The zero-order valence-corrected chi connectivity index (χ0v) is 8.50. The van der Waals surface area contributed by atoms with Crippen LogP contribution in [0, 0.1) is 0 Å². The molecule has 1 aromatic carbocycles. The Bertz CT molecular complexity index is 409. The molecule has 0 spiro atoms. The van der Waals surface area contributed by atoms with Crippen LogP contribution in [0.5, 0.6) is 0 Å². The van der Waals surface area contributed by atoms with Gasteiger partial charge < -0.3 is 14.7 Å². The zero-order chi connectivity index (χ0) is 11.5. The van der Waals surface area contributed by atoms with Gasteiger partial charge in [-0.25, -0.2) is 4.79 Å². The van der Waals surface area contributed by atoms with Gasteiger partial charge in [-0.05, 0) is 12.1 Å². The Hall–Kier alpha value is -1.28. The van der Waals surface area contributed by atoms with E-state index in [1.165, 1.54) is 4.90 Å². The van der Waals surface area contributed by atoms with E-state index in [0.29, 0.717) is 12.2 Å². The van der Waals surface area contributed by atoms with E-state index >= 15 is 0 Å². The number of hydrogen-bond donors (Lipinski definition) is 1. The van der Waals surface area contributed by atoms with Crippen LogP contribution in [-0.4, -0.2) is 55.1 Å². The van der Waals surface area contributed by atoms with Crippen LogP contribution in [0.2, 0.25) is 0 Å². The van der Waals surface area contributed by atoms with Gasteiger partial charge in [0.1, 0.15) is 0 Å². The number of aliphatic carboxylic acids is 1. The van der Waals surface area contributed by atoms with Crippen LogP contribution in [0.25, 0.3) is 0 Å². The molecule has 1 N–H and O–H groups in total. The molecular formula is C11H12LiNO4. The molecular weight excluding hydrogens is 217 g/mol. The van der Waals surface area contributed by atoms with Crippen molar-refractivity contribution in [3.63, 3.8) is 0 Å². The van der Waals surface area contributed by atoms with Crippen LogP contribution >= 0.6 is 0 Å². The van der Waals surface area contributed by atoms with E-state index in [-0.39, 0.29) is 25.5 Å². The molecule has 0 bridgehead atoms.